The third kappa shape index (κ3) is 3.59. The van der Waals surface area contributed by atoms with Crippen LogP contribution in [0.15, 0.2) is 10.5 Å². The smallest absolute Gasteiger partial charge is 0.118 e. The van der Waals surface area contributed by atoms with E-state index < -0.39 is 0 Å². The van der Waals surface area contributed by atoms with Gasteiger partial charge in [-0.1, -0.05) is 20.8 Å². The molecule has 0 atom stereocenters. The van der Waals surface area contributed by atoms with Crippen LogP contribution in [-0.4, -0.2) is 23.5 Å². The third-order valence-electron chi connectivity index (χ3n) is 3.60. The molecule has 1 aromatic rings. The van der Waals surface area contributed by atoms with Gasteiger partial charge in [-0.3, -0.25) is 4.90 Å². The Morgan fingerprint density at radius 3 is 2.72 bits per heavy atom. The van der Waals surface area contributed by atoms with Crippen LogP contribution in [0, 0.1) is 6.92 Å². The Labute approximate surface area is 111 Å². The summed E-state index contributed by atoms with van der Waals surface area (Å²) in [5, 5.41) is 3.40. The van der Waals surface area contributed by atoms with E-state index in [1.54, 1.807) is 0 Å². The highest BCUT2D eigenvalue weighted by atomic mass is 16.3. The molecule has 0 bridgehead atoms. The Balaban J connectivity index is 1.95. The van der Waals surface area contributed by atoms with Crippen LogP contribution >= 0.6 is 0 Å². The molecule has 2 rings (SSSR count). The number of rotatable bonds is 7. The summed E-state index contributed by atoms with van der Waals surface area (Å²) in [6.45, 7) is 11.6. The molecule has 3 nitrogen and oxygen atoms in total. The highest BCUT2D eigenvalue weighted by Gasteiger charge is 2.28. The van der Waals surface area contributed by atoms with Crippen molar-refractivity contribution in [1.82, 2.24) is 10.2 Å². The van der Waals surface area contributed by atoms with E-state index in [-0.39, 0.29) is 0 Å². The molecule has 1 heterocycles. The molecule has 102 valence electrons. The minimum atomic E-state index is 0.498. The maximum atomic E-state index is 5.82. The van der Waals surface area contributed by atoms with Crippen LogP contribution in [0.1, 0.15) is 50.7 Å². The van der Waals surface area contributed by atoms with Crippen LogP contribution in [0.4, 0.5) is 0 Å². The summed E-state index contributed by atoms with van der Waals surface area (Å²) in [5.74, 6) is 2.14. The van der Waals surface area contributed by atoms with Gasteiger partial charge < -0.3 is 9.73 Å². The molecule has 3 heteroatoms. The molecule has 1 aliphatic carbocycles. The van der Waals surface area contributed by atoms with Gasteiger partial charge in [-0.2, -0.15) is 0 Å². The molecule has 0 amide bonds. The second kappa shape index (κ2) is 5.89. The Morgan fingerprint density at radius 1 is 1.44 bits per heavy atom. The number of aryl methyl sites for hydroxylation is 1. The first-order valence-corrected chi connectivity index (χ1v) is 7.15. The molecule has 0 radical (unpaired) electrons. The molecule has 18 heavy (non-hydrogen) atoms. The van der Waals surface area contributed by atoms with E-state index in [0.29, 0.717) is 6.04 Å². The molecular formula is C15H26N2O. The number of hydrogen-bond donors (Lipinski definition) is 1. The predicted octanol–water partition coefficient (Wildman–Crippen LogP) is 3.07. The zero-order chi connectivity index (χ0) is 13.1. The maximum Gasteiger partial charge on any atom is 0.118 e. The second-order valence-corrected chi connectivity index (χ2v) is 5.62. The van der Waals surface area contributed by atoms with Crippen molar-refractivity contribution in [1.29, 1.82) is 0 Å². The molecule has 0 spiro atoms. The van der Waals surface area contributed by atoms with Gasteiger partial charge in [0.1, 0.15) is 11.5 Å². The Hall–Kier alpha value is -0.800. The fraction of sp³-hybridized carbons (Fsp3) is 0.733. The van der Waals surface area contributed by atoms with Gasteiger partial charge in [-0.15, -0.1) is 0 Å². The summed E-state index contributed by atoms with van der Waals surface area (Å²) in [6, 6.07) is 3.54. The van der Waals surface area contributed by atoms with E-state index in [1.807, 2.05) is 0 Å². The van der Waals surface area contributed by atoms with Gasteiger partial charge in [0.2, 0.25) is 0 Å². The lowest BCUT2D eigenvalue weighted by atomic mass is 10.2. The highest BCUT2D eigenvalue weighted by molar-refractivity contribution is 5.21. The average Bonchev–Trinajstić information content (AvgIpc) is 3.09. The van der Waals surface area contributed by atoms with Gasteiger partial charge in [0.15, 0.2) is 0 Å². The van der Waals surface area contributed by atoms with Crippen molar-refractivity contribution < 1.29 is 4.42 Å². The molecule has 0 aliphatic heterocycles. The van der Waals surface area contributed by atoms with E-state index in [4.69, 9.17) is 4.42 Å². The monoisotopic (exact) mass is 250 g/mol. The van der Waals surface area contributed by atoms with Crippen LogP contribution in [0.5, 0.6) is 0 Å². The lowest BCUT2D eigenvalue weighted by Crippen LogP contribution is -2.25. The SMILES string of the molecule is CCN(Cc1cc(CNC(C)C)oc1C)C1CC1. The van der Waals surface area contributed by atoms with Crippen LogP contribution in [0.2, 0.25) is 0 Å². The summed E-state index contributed by atoms with van der Waals surface area (Å²) in [4.78, 5) is 2.55. The predicted molar refractivity (Wildman–Crippen MR) is 74.5 cm³/mol. The topological polar surface area (TPSA) is 28.4 Å². The van der Waals surface area contributed by atoms with Gasteiger partial charge in [0, 0.05) is 24.2 Å². The van der Waals surface area contributed by atoms with E-state index >= 15 is 0 Å². The van der Waals surface area contributed by atoms with Gasteiger partial charge in [0.05, 0.1) is 6.54 Å². The van der Waals surface area contributed by atoms with Gasteiger partial charge in [-0.25, -0.2) is 0 Å². The third-order valence-corrected chi connectivity index (χ3v) is 3.60. The first-order valence-electron chi connectivity index (χ1n) is 7.15. The maximum absolute atomic E-state index is 5.82. The standard InChI is InChI=1S/C15H26N2O/c1-5-17(14-6-7-14)10-13-8-15(18-12(13)4)9-16-11(2)3/h8,11,14,16H,5-7,9-10H2,1-4H3. The number of furan rings is 1. The molecule has 1 N–H and O–H groups in total. The van der Waals surface area contributed by atoms with Crippen molar-refractivity contribution in [3.63, 3.8) is 0 Å². The minimum absolute atomic E-state index is 0.498. The average molecular weight is 250 g/mol. The van der Waals surface area contributed by atoms with E-state index in [2.05, 4.69) is 44.0 Å². The largest absolute Gasteiger partial charge is 0.465 e. The zero-order valence-electron chi connectivity index (χ0n) is 12.1. The summed E-state index contributed by atoms with van der Waals surface area (Å²) < 4.78 is 5.82. The quantitative estimate of drug-likeness (QED) is 0.806. The molecule has 0 unspecified atom stereocenters. The number of nitrogens with one attached hydrogen (secondary N) is 1. The van der Waals surface area contributed by atoms with Crippen LogP contribution < -0.4 is 5.32 Å². The molecular weight excluding hydrogens is 224 g/mol. The van der Waals surface area contributed by atoms with Crippen molar-refractivity contribution in [3.8, 4) is 0 Å². The molecule has 1 saturated carbocycles. The van der Waals surface area contributed by atoms with Crippen molar-refractivity contribution >= 4 is 0 Å². The Bertz CT molecular complexity index is 380. The van der Waals surface area contributed by atoms with Gasteiger partial charge >= 0.3 is 0 Å². The van der Waals surface area contributed by atoms with Gasteiger partial charge in [0.25, 0.3) is 0 Å². The highest BCUT2D eigenvalue weighted by Crippen LogP contribution is 2.29. The molecule has 1 aromatic heterocycles. The van der Waals surface area contributed by atoms with Crippen LogP contribution in [-0.2, 0) is 13.1 Å². The fourth-order valence-corrected chi connectivity index (χ4v) is 2.29. The fourth-order valence-electron chi connectivity index (χ4n) is 2.29. The first kappa shape index (κ1) is 13.6. The first-order chi connectivity index (χ1) is 8.60. The van der Waals surface area contributed by atoms with Crippen molar-refractivity contribution in [2.45, 2.75) is 65.7 Å². The molecule has 0 saturated heterocycles. The number of hydrogen-bond acceptors (Lipinski definition) is 3. The second-order valence-electron chi connectivity index (χ2n) is 5.62. The molecule has 0 aromatic carbocycles. The summed E-state index contributed by atoms with van der Waals surface area (Å²) in [7, 11) is 0. The Kier molecular flexibility index (Phi) is 4.46. The molecule has 1 fully saturated rings. The molecule has 1 aliphatic rings. The van der Waals surface area contributed by atoms with Crippen LogP contribution in [0.3, 0.4) is 0 Å². The summed E-state index contributed by atoms with van der Waals surface area (Å²) >= 11 is 0. The minimum Gasteiger partial charge on any atom is -0.465 e. The van der Waals surface area contributed by atoms with E-state index in [9.17, 15) is 0 Å². The van der Waals surface area contributed by atoms with E-state index in [1.165, 1.54) is 18.4 Å². The lowest BCUT2D eigenvalue weighted by molar-refractivity contribution is 0.267. The summed E-state index contributed by atoms with van der Waals surface area (Å²) in [6.07, 6.45) is 2.74. The number of nitrogens with zero attached hydrogens (tertiary/aromatic N) is 1. The van der Waals surface area contributed by atoms with Crippen molar-refractivity contribution in [2.75, 3.05) is 6.54 Å². The lowest BCUT2D eigenvalue weighted by Gasteiger charge is -2.18. The van der Waals surface area contributed by atoms with Gasteiger partial charge in [-0.05, 0) is 32.4 Å². The van der Waals surface area contributed by atoms with Crippen LogP contribution in [0.25, 0.3) is 0 Å². The van der Waals surface area contributed by atoms with Crippen molar-refractivity contribution in [2.24, 2.45) is 0 Å². The van der Waals surface area contributed by atoms with Crippen molar-refractivity contribution in [3.05, 3.63) is 23.2 Å². The zero-order valence-corrected chi connectivity index (χ0v) is 12.1. The van der Waals surface area contributed by atoms with E-state index in [0.717, 1.165) is 37.2 Å². The normalized spacial score (nSPS) is 15.9. The Morgan fingerprint density at radius 2 is 2.17 bits per heavy atom. The summed E-state index contributed by atoms with van der Waals surface area (Å²) in [5.41, 5.74) is 1.35.